The molecule has 5 heteroatoms. The molecule has 1 amide bonds. The van der Waals surface area contributed by atoms with E-state index in [9.17, 15) is 4.79 Å². The lowest BCUT2D eigenvalue weighted by atomic mass is 9.86. The summed E-state index contributed by atoms with van der Waals surface area (Å²) in [7, 11) is 1.67. The fourth-order valence-electron chi connectivity index (χ4n) is 4.58. The van der Waals surface area contributed by atoms with Crippen LogP contribution in [0.25, 0.3) is 10.8 Å². The minimum atomic E-state index is 0.204. The fraction of sp³-hybridized carbons (Fsp3) is 0.522. The van der Waals surface area contributed by atoms with E-state index in [1.165, 1.54) is 0 Å². The molecule has 2 heterocycles. The van der Waals surface area contributed by atoms with Crippen LogP contribution in [0, 0.1) is 5.92 Å². The van der Waals surface area contributed by atoms with Gasteiger partial charge in [-0.05, 0) is 60.1 Å². The molecular formula is C23H30N2O3. The Labute approximate surface area is 166 Å². The highest BCUT2D eigenvalue weighted by molar-refractivity contribution is 5.91. The van der Waals surface area contributed by atoms with Crippen molar-refractivity contribution >= 4 is 16.7 Å². The molecule has 2 aliphatic rings. The predicted molar refractivity (Wildman–Crippen MR) is 110 cm³/mol. The highest BCUT2D eigenvalue weighted by Crippen LogP contribution is 2.29. The lowest BCUT2D eigenvalue weighted by Crippen LogP contribution is -2.45. The summed E-state index contributed by atoms with van der Waals surface area (Å²) in [6, 6.07) is 12.4. The molecule has 2 atom stereocenters. The first-order valence-corrected chi connectivity index (χ1v) is 10.3. The second kappa shape index (κ2) is 8.50. The van der Waals surface area contributed by atoms with Crippen molar-refractivity contribution in [3.05, 3.63) is 42.0 Å². The van der Waals surface area contributed by atoms with Crippen LogP contribution in [0.1, 0.15) is 31.2 Å². The number of rotatable bonds is 4. The average Bonchev–Trinajstić information content (AvgIpc) is 2.74. The number of nitrogens with zero attached hydrogens (tertiary/aromatic N) is 1. The van der Waals surface area contributed by atoms with Gasteiger partial charge in [0, 0.05) is 25.7 Å². The molecule has 2 aromatic carbocycles. The highest BCUT2D eigenvalue weighted by atomic mass is 16.5. The average molecular weight is 383 g/mol. The Kier molecular flexibility index (Phi) is 5.83. The van der Waals surface area contributed by atoms with Crippen LogP contribution in [0.15, 0.2) is 36.4 Å². The minimum absolute atomic E-state index is 0.204. The molecule has 0 aromatic heterocycles. The Balaban J connectivity index is 1.39. The third-order valence-corrected chi connectivity index (χ3v) is 6.30. The van der Waals surface area contributed by atoms with Gasteiger partial charge in [0.25, 0.3) is 0 Å². The highest BCUT2D eigenvalue weighted by Gasteiger charge is 2.32. The molecule has 5 nitrogen and oxygen atoms in total. The monoisotopic (exact) mass is 382 g/mol. The van der Waals surface area contributed by atoms with E-state index in [0.29, 0.717) is 12.3 Å². The molecule has 2 saturated heterocycles. The quantitative estimate of drug-likeness (QED) is 0.882. The first-order valence-electron chi connectivity index (χ1n) is 10.3. The van der Waals surface area contributed by atoms with E-state index in [1.807, 2.05) is 35.2 Å². The van der Waals surface area contributed by atoms with Crippen molar-refractivity contribution < 1.29 is 14.3 Å². The summed E-state index contributed by atoms with van der Waals surface area (Å²) in [5.74, 6) is 1.55. The van der Waals surface area contributed by atoms with Crippen LogP contribution >= 0.6 is 0 Å². The lowest BCUT2D eigenvalue weighted by molar-refractivity contribution is -0.133. The number of methoxy groups -OCH3 is 1. The Hall–Kier alpha value is -2.11. The Morgan fingerprint density at radius 3 is 2.79 bits per heavy atom. The van der Waals surface area contributed by atoms with Crippen LogP contribution in [-0.2, 0) is 16.0 Å². The molecule has 28 heavy (non-hydrogen) atoms. The van der Waals surface area contributed by atoms with Crippen LogP contribution in [0.4, 0.5) is 0 Å². The number of nitrogens with two attached hydrogens (primary N) is 1. The van der Waals surface area contributed by atoms with Gasteiger partial charge < -0.3 is 20.1 Å². The number of carbonyl (C=O) groups is 1. The number of ether oxygens (including phenoxy) is 2. The predicted octanol–water partition coefficient (Wildman–Crippen LogP) is 3.14. The molecule has 150 valence electrons. The molecule has 2 aliphatic heterocycles. The second-order valence-electron chi connectivity index (χ2n) is 8.09. The van der Waals surface area contributed by atoms with E-state index in [1.54, 1.807) is 7.11 Å². The van der Waals surface area contributed by atoms with Crippen molar-refractivity contribution in [1.82, 2.24) is 4.90 Å². The van der Waals surface area contributed by atoms with Crippen molar-refractivity contribution in [1.29, 1.82) is 0 Å². The first-order chi connectivity index (χ1) is 13.6. The van der Waals surface area contributed by atoms with Gasteiger partial charge in [0.15, 0.2) is 0 Å². The van der Waals surface area contributed by atoms with Crippen molar-refractivity contribution in [3.8, 4) is 5.75 Å². The largest absolute Gasteiger partial charge is 0.497 e. The van der Waals surface area contributed by atoms with Crippen LogP contribution in [0.2, 0.25) is 0 Å². The number of likely N-dealkylation sites (tertiary alicyclic amines) is 1. The van der Waals surface area contributed by atoms with Crippen molar-refractivity contribution in [2.45, 2.75) is 44.2 Å². The summed E-state index contributed by atoms with van der Waals surface area (Å²) < 4.78 is 11.3. The third-order valence-electron chi connectivity index (χ3n) is 6.30. The van der Waals surface area contributed by atoms with E-state index in [0.717, 1.165) is 67.5 Å². The molecule has 0 radical (unpaired) electrons. The summed E-state index contributed by atoms with van der Waals surface area (Å²) in [6.45, 7) is 2.40. The lowest BCUT2D eigenvalue weighted by Gasteiger charge is -2.38. The van der Waals surface area contributed by atoms with E-state index in [2.05, 4.69) is 6.07 Å². The van der Waals surface area contributed by atoms with Crippen molar-refractivity contribution in [2.24, 2.45) is 11.7 Å². The maximum atomic E-state index is 12.9. The smallest absolute Gasteiger partial charge is 0.227 e. The molecule has 0 saturated carbocycles. The molecular weight excluding hydrogens is 352 g/mol. The molecule has 2 fully saturated rings. The summed E-state index contributed by atoms with van der Waals surface area (Å²) in [6.07, 6.45) is 4.63. The standard InChI is InChI=1S/C23H30N2O3/c1-27-20-6-5-16-3-2-4-18(21(16)15-20)13-23(26)25-10-7-17(8-11-25)22-14-19(24)9-12-28-22/h2-6,15,17,19,22H,7-14,24H2,1H3. The number of benzene rings is 2. The SMILES string of the molecule is COc1ccc2cccc(CC(=O)N3CCC(C4CC(N)CCO4)CC3)c2c1. The van der Waals surface area contributed by atoms with Gasteiger partial charge in [-0.25, -0.2) is 0 Å². The van der Waals surface area contributed by atoms with E-state index in [4.69, 9.17) is 15.2 Å². The van der Waals surface area contributed by atoms with Crippen LogP contribution < -0.4 is 10.5 Å². The van der Waals surface area contributed by atoms with Gasteiger partial charge in [-0.1, -0.05) is 24.3 Å². The Morgan fingerprint density at radius 2 is 2.04 bits per heavy atom. The van der Waals surface area contributed by atoms with E-state index >= 15 is 0 Å². The first kappa shape index (κ1) is 19.2. The zero-order valence-corrected chi connectivity index (χ0v) is 16.6. The van der Waals surface area contributed by atoms with Gasteiger partial charge in [-0.2, -0.15) is 0 Å². The summed E-state index contributed by atoms with van der Waals surface area (Å²) >= 11 is 0. The summed E-state index contributed by atoms with van der Waals surface area (Å²) in [4.78, 5) is 15.0. The number of carbonyl (C=O) groups excluding carboxylic acids is 1. The van der Waals surface area contributed by atoms with E-state index < -0.39 is 0 Å². The second-order valence-corrected chi connectivity index (χ2v) is 8.09. The van der Waals surface area contributed by atoms with Crippen LogP contribution in [-0.4, -0.2) is 49.8 Å². The van der Waals surface area contributed by atoms with Gasteiger partial charge in [0.1, 0.15) is 5.75 Å². The maximum absolute atomic E-state index is 12.9. The van der Waals surface area contributed by atoms with Crippen molar-refractivity contribution in [3.63, 3.8) is 0 Å². The van der Waals surface area contributed by atoms with Crippen LogP contribution in [0.3, 0.4) is 0 Å². The number of hydrogen-bond donors (Lipinski definition) is 1. The summed E-state index contributed by atoms with van der Waals surface area (Å²) in [5.41, 5.74) is 7.17. The number of amides is 1. The van der Waals surface area contributed by atoms with Gasteiger partial charge in [-0.3, -0.25) is 4.79 Å². The van der Waals surface area contributed by atoms with Gasteiger partial charge in [-0.15, -0.1) is 0 Å². The van der Waals surface area contributed by atoms with Crippen molar-refractivity contribution in [2.75, 3.05) is 26.8 Å². The molecule has 0 aliphatic carbocycles. The van der Waals surface area contributed by atoms with Gasteiger partial charge in [0.2, 0.25) is 5.91 Å². The number of fused-ring (bicyclic) bond motifs is 1. The zero-order chi connectivity index (χ0) is 19.5. The third kappa shape index (κ3) is 4.15. The number of hydrogen-bond acceptors (Lipinski definition) is 4. The topological polar surface area (TPSA) is 64.8 Å². The minimum Gasteiger partial charge on any atom is -0.497 e. The Morgan fingerprint density at radius 1 is 1.21 bits per heavy atom. The van der Waals surface area contributed by atoms with Gasteiger partial charge in [0.05, 0.1) is 19.6 Å². The van der Waals surface area contributed by atoms with E-state index in [-0.39, 0.29) is 18.1 Å². The Bertz CT molecular complexity index is 830. The molecule has 4 rings (SSSR count). The zero-order valence-electron chi connectivity index (χ0n) is 16.6. The number of piperidine rings is 1. The normalized spacial score (nSPS) is 23.7. The molecule has 2 N–H and O–H groups in total. The maximum Gasteiger partial charge on any atom is 0.227 e. The fourth-order valence-corrected chi connectivity index (χ4v) is 4.58. The molecule has 0 spiro atoms. The summed E-state index contributed by atoms with van der Waals surface area (Å²) in [5, 5.41) is 2.23. The molecule has 0 bridgehead atoms. The van der Waals surface area contributed by atoms with Gasteiger partial charge >= 0.3 is 0 Å². The van der Waals surface area contributed by atoms with Crippen LogP contribution in [0.5, 0.6) is 5.75 Å². The molecule has 2 unspecified atom stereocenters. The molecule has 2 aromatic rings.